The second kappa shape index (κ2) is 8.08. The summed E-state index contributed by atoms with van der Waals surface area (Å²) in [6.45, 7) is 5.95. The van der Waals surface area contributed by atoms with Crippen molar-refractivity contribution in [2.45, 2.75) is 20.8 Å². The van der Waals surface area contributed by atoms with Crippen molar-refractivity contribution in [2.24, 2.45) is 7.05 Å². The van der Waals surface area contributed by atoms with Crippen molar-refractivity contribution in [3.05, 3.63) is 47.4 Å². The first-order valence-corrected chi connectivity index (χ1v) is 8.90. The third-order valence-electron chi connectivity index (χ3n) is 4.24. The number of methoxy groups -OCH3 is 1. The molecule has 8 nitrogen and oxygen atoms in total. The highest BCUT2D eigenvalue weighted by molar-refractivity contribution is 6.04. The van der Waals surface area contributed by atoms with E-state index in [1.165, 1.54) is 0 Å². The molecule has 3 aromatic rings. The van der Waals surface area contributed by atoms with E-state index in [4.69, 9.17) is 9.47 Å². The summed E-state index contributed by atoms with van der Waals surface area (Å²) in [6.07, 6.45) is 0. The molecule has 3 rings (SSSR count). The minimum absolute atomic E-state index is 0.289. The second-order valence-corrected chi connectivity index (χ2v) is 6.21. The van der Waals surface area contributed by atoms with Gasteiger partial charge in [0, 0.05) is 12.6 Å². The Hall–Kier alpha value is -3.42. The number of hydrogen-bond donors (Lipinski definition) is 1. The van der Waals surface area contributed by atoms with Crippen LogP contribution in [0.5, 0.6) is 11.8 Å². The molecule has 0 saturated carbocycles. The van der Waals surface area contributed by atoms with Gasteiger partial charge in [0.2, 0.25) is 0 Å². The van der Waals surface area contributed by atoms with Crippen molar-refractivity contribution in [1.29, 1.82) is 0 Å². The van der Waals surface area contributed by atoms with Gasteiger partial charge in [-0.25, -0.2) is 0 Å². The normalized spacial score (nSPS) is 10.6. The van der Waals surface area contributed by atoms with Crippen LogP contribution in [0.2, 0.25) is 0 Å². The first-order valence-electron chi connectivity index (χ1n) is 8.90. The Balaban J connectivity index is 1.87. The van der Waals surface area contributed by atoms with Crippen LogP contribution in [0, 0.1) is 13.8 Å². The number of ether oxygens (including phenoxy) is 2. The average molecular weight is 381 g/mol. The van der Waals surface area contributed by atoms with E-state index in [0.29, 0.717) is 41.1 Å². The van der Waals surface area contributed by atoms with Gasteiger partial charge in [0.15, 0.2) is 0 Å². The van der Waals surface area contributed by atoms with Crippen LogP contribution in [0.15, 0.2) is 30.3 Å². The summed E-state index contributed by atoms with van der Waals surface area (Å²) in [5.74, 6) is 0.440. The Bertz CT molecular complexity index is 990. The Morgan fingerprint density at radius 3 is 2.54 bits per heavy atom. The highest BCUT2D eigenvalue weighted by Gasteiger charge is 2.18. The zero-order chi connectivity index (χ0) is 20.3. The zero-order valence-electron chi connectivity index (χ0n) is 16.6. The third kappa shape index (κ3) is 3.95. The molecular formula is C20H23N5O3. The predicted molar refractivity (Wildman–Crippen MR) is 106 cm³/mol. The van der Waals surface area contributed by atoms with Gasteiger partial charge in [0.05, 0.1) is 36.5 Å². The molecule has 1 aromatic carbocycles. The van der Waals surface area contributed by atoms with Gasteiger partial charge in [0.25, 0.3) is 5.91 Å². The van der Waals surface area contributed by atoms with Crippen molar-refractivity contribution in [3.8, 4) is 23.0 Å². The molecule has 8 heteroatoms. The lowest BCUT2D eigenvalue weighted by molar-refractivity contribution is 0.101. The molecule has 28 heavy (non-hydrogen) atoms. The van der Waals surface area contributed by atoms with Gasteiger partial charge < -0.3 is 14.8 Å². The lowest BCUT2D eigenvalue weighted by atomic mass is 10.1. The fourth-order valence-electron chi connectivity index (χ4n) is 2.84. The molecule has 2 heterocycles. The van der Waals surface area contributed by atoms with Crippen LogP contribution < -0.4 is 14.8 Å². The van der Waals surface area contributed by atoms with E-state index in [0.717, 1.165) is 11.3 Å². The van der Waals surface area contributed by atoms with E-state index in [1.54, 1.807) is 38.8 Å². The number of nitrogens with one attached hydrogen (secondary N) is 1. The lowest BCUT2D eigenvalue weighted by Gasteiger charge is -2.12. The highest BCUT2D eigenvalue weighted by atomic mass is 16.5. The number of carbonyl (C=O) groups is 1. The number of benzene rings is 1. The summed E-state index contributed by atoms with van der Waals surface area (Å²) in [5, 5.41) is 7.34. The fourth-order valence-corrected chi connectivity index (χ4v) is 2.84. The maximum absolute atomic E-state index is 12.8. The van der Waals surface area contributed by atoms with Crippen LogP contribution >= 0.6 is 0 Å². The van der Waals surface area contributed by atoms with Gasteiger partial charge in [-0.3, -0.25) is 9.48 Å². The number of aryl methyl sites for hydroxylation is 3. The van der Waals surface area contributed by atoms with Gasteiger partial charge in [-0.15, -0.1) is 0 Å². The summed E-state index contributed by atoms with van der Waals surface area (Å²) in [5.41, 5.74) is 3.82. The standard InChI is InChI=1S/C20H23N5O3/c1-6-28-20-21-12(2)18(13(3)22-20)23-19(26)17-11-16(24-25(17)4)14-8-7-9-15(10-14)27-5/h7-11H,6H2,1-5H3,(H,23,26). The molecule has 1 amide bonds. The number of anilines is 1. The number of rotatable bonds is 6. The predicted octanol–water partition coefficient (Wildman–Crippen LogP) is 3.15. The quantitative estimate of drug-likeness (QED) is 0.705. The Kier molecular flexibility index (Phi) is 5.58. The van der Waals surface area contributed by atoms with Gasteiger partial charge in [-0.1, -0.05) is 12.1 Å². The first-order chi connectivity index (χ1) is 13.4. The van der Waals surface area contributed by atoms with Crippen LogP contribution in [0.1, 0.15) is 28.8 Å². The van der Waals surface area contributed by atoms with Crippen molar-refractivity contribution in [3.63, 3.8) is 0 Å². The Morgan fingerprint density at radius 1 is 1.18 bits per heavy atom. The maximum atomic E-state index is 12.8. The third-order valence-corrected chi connectivity index (χ3v) is 4.24. The molecule has 0 radical (unpaired) electrons. The maximum Gasteiger partial charge on any atom is 0.316 e. The summed E-state index contributed by atoms with van der Waals surface area (Å²) in [7, 11) is 3.34. The monoisotopic (exact) mass is 381 g/mol. The van der Waals surface area contributed by atoms with Crippen LogP contribution in [0.4, 0.5) is 5.69 Å². The molecule has 2 aromatic heterocycles. The number of amides is 1. The molecule has 0 spiro atoms. The zero-order valence-corrected chi connectivity index (χ0v) is 16.6. The lowest BCUT2D eigenvalue weighted by Crippen LogP contribution is -2.18. The van der Waals surface area contributed by atoms with E-state index in [1.807, 2.05) is 31.2 Å². The molecule has 0 unspecified atom stereocenters. The van der Waals surface area contributed by atoms with Crippen molar-refractivity contribution in [2.75, 3.05) is 19.0 Å². The molecular weight excluding hydrogens is 358 g/mol. The fraction of sp³-hybridized carbons (Fsp3) is 0.300. The van der Waals surface area contributed by atoms with Crippen molar-refractivity contribution < 1.29 is 14.3 Å². The molecule has 0 aliphatic carbocycles. The van der Waals surface area contributed by atoms with E-state index in [2.05, 4.69) is 20.4 Å². The SMILES string of the molecule is CCOc1nc(C)c(NC(=O)c2cc(-c3cccc(OC)c3)nn2C)c(C)n1. The van der Waals surface area contributed by atoms with Gasteiger partial charge >= 0.3 is 6.01 Å². The van der Waals surface area contributed by atoms with Gasteiger partial charge in [0.1, 0.15) is 11.4 Å². The Labute approximate surface area is 163 Å². The van der Waals surface area contributed by atoms with Crippen molar-refractivity contribution in [1.82, 2.24) is 19.7 Å². The van der Waals surface area contributed by atoms with Gasteiger partial charge in [-0.05, 0) is 39.0 Å². The van der Waals surface area contributed by atoms with E-state index < -0.39 is 0 Å². The van der Waals surface area contributed by atoms with Crippen LogP contribution in [0.3, 0.4) is 0 Å². The van der Waals surface area contributed by atoms with E-state index >= 15 is 0 Å². The molecule has 0 aliphatic rings. The molecule has 0 bridgehead atoms. The highest BCUT2D eigenvalue weighted by Crippen LogP contribution is 2.25. The minimum Gasteiger partial charge on any atom is -0.497 e. The molecule has 0 fully saturated rings. The van der Waals surface area contributed by atoms with Gasteiger partial charge in [-0.2, -0.15) is 15.1 Å². The molecule has 1 N–H and O–H groups in total. The van der Waals surface area contributed by atoms with Crippen LogP contribution in [-0.2, 0) is 7.05 Å². The van der Waals surface area contributed by atoms with Crippen LogP contribution in [-0.4, -0.2) is 39.4 Å². The summed E-state index contributed by atoms with van der Waals surface area (Å²) < 4.78 is 12.1. The summed E-state index contributed by atoms with van der Waals surface area (Å²) in [6, 6.07) is 9.57. The first kappa shape index (κ1) is 19.3. The summed E-state index contributed by atoms with van der Waals surface area (Å²) in [4.78, 5) is 21.4. The largest absolute Gasteiger partial charge is 0.497 e. The smallest absolute Gasteiger partial charge is 0.316 e. The van der Waals surface area contributed by atoms with E-state index in [9.17, 15) is 4.79 Å². The molecule has 0 aliphatic heterocycles. The molecule has 146 valence electrons. The van der Waals surface area contributed by atoms with E-state index in [-0.39, 0.29) is 5.91 Å². The molecule has 0 atom stereocenters. The van der Waals surface area contributed by atoms with Crippen molar-refractivity contribution >= 4 is 11.6 Å². The number of hydrogen-bond acceptors (Lipinski definition) is 6. The topological polar surface area (TPSA) is 91.2 Å². The number of nitrogens with zero attached hydrogens (tertiary/aromatic N) is 4. The number of aromatic nitrogens is 4. The minimum atomic E-state index is -0.289. The average Bonchev–Trinajstić information content (AvgIpc) is 3.07. The molecule has 0 saturated heterocycles. The summed E-state index contributed by atoms with van der Waals surface area (Å²) >= 11 is 0. The number of carbonyl (C=O) groups excluding carboxylic acids is 1. The van der Waals surface area contributed by atoms with Crippen LogP contribution in [0.25, 0.3) is 11.3 Å². The second-order valence-electron chi connectivity index (χ2n) is 6.21. The Morgan fingerprint density at radius 2 is 1.89 bits per heavy atom.